The molecule has 0 unspecified atom stereocenters. The molecule has 0 amide bonds. The molecule has 3 aromatic rings. The maximum Gasteiger partial charge on any atom is 0.416 e. The Kier molecular flexibility index (Phi) is 5.08. The Balaban J connectivity index is 2.03. The van der Waals surface area contributed by atoms with E-state index in [-0.39, 0.29) is 5.82 Å². The highest BCUT2D eigenvalue weighted by molar-refractivity contribution is 7.99. The summed E-state index contributed by atoms with van der Waals surface area (Å²) in [4.78, 5) is 9.07. The van der Waals surface area contributed by atoms with Crippen LogP contribution in [-0.2, 0) is 9.97 Å². The first-order valence-corrected chi connectivity index (χ1v) is 8.79. The summed E-state index contributed by atoms with van der Waals surface area (Å²) < 4.78 is 36.2. The van der Waals surface area contributed by atoms with Gasteiger partial charge < -0.3 is 0 Å². The number of fused-ring (bicyclic) bond motifs is 1. The van der Waals surface area contributed by atoms with Crippen molar-refractivity contribution in [1.29, 1.82) is 0 Å². The van der Waals surface area contributed by atoms with E-state index in [1.807, 2.05) is 0 Å². The Morgan fingerprint density at radius 1 is 0.840 bits per heavy atom. The summed E-state index contributed by atoms with van der Waals surface area (Å²) in [5.41, 5.74) is -0.139. The van der Waals surface area contributed by atoms with Crippen LogP contribution in [0.3, 0.4) is 0 Å². The van der Waals surface area contributed by atoms with Gasteiger partial charge >= 0.3 is 6.18 Å². The minimum Gasteiger partial charge on any atom is -0.228 e. The van der Waals surface area contributed by atoms with Crippen molar-refractivity contribution in [3.63, 3.8) is 0 Å². The number of hydrogen-bond acceptors (Lipinski definition) is 3. The molecular weight excluding hydrogens is 416 g/mol. The highest BCUT2D eigenvalue weighted by atomic mass is 35.6. The van der Waals surface area contributed by atoms with Gasteiger partial charge in [-0.3, -0.25) is 0 Å². The van der Waals surface area contributed by atoms with Crippen LogP contribution in [0.1, 0.15) is 11.4 Å². The number of hydrogen-bond donors (Lipinski definition) is 0. The zero-order chi connectivity index (χ0) is 18.2. The summed E-state index contributed by atoms with van der Waals surface area (Å²) in [6.07, 6.45) is -4.38. The van der Waals surface area contributed by atoms with E-state index >= 15 is 0 Å². The van der Waals surface area contributed by atoms with Crippen molar-refractivity contribution < 1.29 is 13.2 Å². The minimum atomic E-state index is -4.38. The second-order valence-corrected chi connectivity index (χ2v) is 8.33. The lowest BCUT2D eigenvalue weighted by atomic mass is 10.2. The first kappa shape index (κ1) is 18.6. The summed E-state index contributed by atoms with van der Waals surface area (Å²) in [7, 11) is 0. The molecule has 0 saturated heterocycles. The van der Waals surface area contributed by atoms with Gasteiger partial charge in [-0.05, 0) is 30.3 Å². The molecule has 0 saturated carbocycles. The zero-order valence-electron chi connectivity index (χ0n) is 12.2. The molecular formula is C16H8Cl3F3N2S. The predicted octanol–water partition coefficient (Wildman–Crippen LogP) is 6.63. The Bertz CT molecular complexity index is 909. The van der Waals surface area contributed by atoms with Crippen molar-refractivity contribution in [3.05, 3.63) is 59.9 Å². The largest absolute Gasteiger partial charge is 0.416 e. The maximum atomic E-state index is 12.7. The van der Waals surface area contributed by atoms with Crippen molar-refractivity contribution >= 4 is 57.5 Å². The molecule has 1 heterocycles. The lowest BCUT2D eigenvalue weighted by Crippen LogP contribution is -2.08. The SMILES string of the molecule is FC(F)(F)c1ccc(Sc2nc(C(Cl)(Cl)Cl)nc3ccccc23)cc1. The molecule has 0 aliphatic heterocycles. The Morgan fingerprint density at radius 3 is 2.08 bits per heavy atom. The van der Waals surface area contributed by atoms with Gasteiger partial charge in [0.2, 0.25) is 3.79 Å². The van der Waals surface area contributed by atoms with Crippen molar-refractivity contribution in [3.8, 4) is 0 Å². The standard InChI is InChI=1S/C16H8Cl3F3N2S/c17-15(18,19)14-23-12-4-2-1-3-11(12)13(24-14)25-10-7-5-9(6-8-10)16(20,21)22/h1-8H. The van der Waals surface area contributed by atoms with Crippen LogP contribution >= 0.6 is 46.6 Å². The molecule has 3 rings (SSSR count). The van der Waals surface area contributed by atoms with Crippen LogP contribution in [0.4, 0.5) is 13.2 Å². The Morgan fingerprint density at radius 2 is 1.48 bits per heavy atom. The fourth-order valence-electron chi connectivity index (χ4n) is 2.08. The number of halogens is 6. The molecule has 0 radical (unpaired) electrons. The molecule has 0 fully saturated rings. The molecule has 0 aliphatic carbocycles. The van der Waals surface area contributed by atoms with E-state index in [0.717, 1.165) is 12.1 Å². The van der Waals surface area contributed by atoms with Gasteiger partial charge in [-0.2, -0.15) is 13.2 Å². The number of aromatic nitrogens is 2. The van der Waals surface area contributed by atoms with E-state index in [2.05, 4.69) is 9.97 Å². The molecule has 25 heavy (non-hydrogen) atoms. The number of nitrogens with zero attached hydrogens (tertiary/aromatic N) is 2. The molecule has 2 nitrogen and oxygen atoms in total. The monoisotopic (exact) mass is 422 g/mol. The third-order valence-electron chi connectivity index (χ3n) is 3.22. The molecule has 0 N–H and O–H groups in total. The zero-order valence-corrected chi connectivity index (χ0v) is 15.3. The van der Waals surface area contributed by atoms with Crippen LogP contribution in [0.2, 0.25) is 0 Å². The van der Waals surface area contributed by atoms with Crippen LogP contribution in [0.25, 0.3) is 10.9 Å². The van der Waals surface area contributed by atoms with Crippen LogP contribution in [0, 0.1) is 0 Å². The second-order valence-electron chi connectivity index (χ2n) is 4.99. The average Bonchev–Trinajstić information content (AvgIpc) is 2.53. The topological polar surface area (TPSA) is 25.8 Å². The van der Waals surface area contributed by atoms with Crippen molar-refractivity contribution in [2.24, 2.45) is 0 Å². The Hall–Kier alpha value is -1.21. The molecule has 0 atom stereocenters. The molecule has 0 bridgehead atoms. The quantitative estimate of drug-likeness (QED) is 0.342. The molecule has 1 aromatic heterocycles. The number of rotatable bonds is 2. The first-order chi connectivity index (χ1) is 11.6. The van der Waals surface area contributed by atoms with E-state index in [0.29, 0.717) is 20.8 Å². The van der Waals surface area contributed by atoms with Crippen LogP contribution in [0.15, 0.2) is 58.5 Å². The first-order valence-electron chi connectivity index (χ1n) is 6.84. The number of alkyl halides is 6. The lowest BCUT2D eigenvalue weighted by Gasteiger charge is -2.13. The average molecular weight is 424 g/mol. The van der Waals surface area contributed by atoms with E-state index in [1.165, 1.54) is 23.9 Å². The summed E-state index contributed by atoms with van der Waals surface area (Å²) >= 11 is 18.8. The van der Waals surface area contributed by atoms with Crippen molar-refractivity contribution in [2.45, 2.75) is 19.9 Å². The summed E-state index contributed by atoms with van der Waals surface area (Å²) in [5, 5.41) is 1.21. The molecule has 0 aliphatic rings. The third kappa shape index (κ3) is 4.31. The highest BCUT2D eigenvalue weighted by Crippen LogP contribution is 2.40. The second kappa shape index (κ2) is 6.83. The van der Waals surface area contributed by atoms with Crippen LogP contribution in [-0.4, -0.2) is 9.97 Å². The molecule has 2 aromatic carbocycles. The maximum absolute atomic E-state index is 12.7. The van der Waals surface area contributed by atoms with E-state index in [9.17, 15) is 13.2 Å². The van der Waals surface area contributed by atoms with Gasteiger partial charge in [0.15, 0.2) is 5.82 Å². The van der Waals surface area contributed by atoms with Gasteiger partial charge in [0, 0.05) is 10.3 Å². The van der Waals surface area contributed by atoms with Crippen LogP contribution < -0.4 is 0 Å². The minimum absolute atomic E-state index is 0.00520. The van der Waals surface area contributed by atoms with Crippen molar-refractivity contribution in [2.75, 3.05) is 0 Å². The molecule has 0 spiro atoms. The predicted molar refractivity (Wildman–Crippen MR) is 94.3 cm³/mol. The smallest absolute Gasteiger partial charge is 0.228 e. The van der Waals surface area contributed by atoms with Gasteiger partial charge in [0.25, 0.3) is 0 Å². The number of benzene rings is 2. The van der Waals surface area contributed by atoms with Gasteiger partial charge in [0.1, 0.15) is 5.03 Å². The van der Waals surface area contributed by atoms with Gasteiger partial charge in [-0.25, -0.2) is 9.97 Å². The Labute approximate surface area is 160 Å². The lowest BCUT2D eigenvalue weighted by molar-refractivity contribution is -0.137. The van der Waals surface area contributed by atoms with Gasteiger partial charge in [-0.1, -0.05) is 64.8 Å². The van der Waals surface area contributed by atoms with E-state index < -0.39 is 15.5 Å². The van der Waals surface area contributed by atoms with Gasteiger partial charge in [0.05, 0.1) is 11.1 Å². The summed E-state index contributed by atoms with van der Waals surface area (Å²) in [6.45, 7) is 0. The summed E-state index contributed by atoms with van der Waals surface area (Å²) in [5.74, 6) is 0.00520. The van der Waals surface area contributed by atoms with Crippen LogP contribution in [0.5, 0.6) is 0 Å². The third-order valence-corrected chi connectivity index (χ3v) is 4.74. The number of para-hydroxylation sites is 1. The molecule has 130 valence electrons. The van der Waals surface area contributed by atoms with Gasteiger partial charge in [-0.15, -0.1) is 0 Å². The summed E-state index contributed by atoms with van der Waals surface area (Å²) in [6, 6.07) is 11.9. The normalized spacial score (nSPS) is 12.6. The van der Waals surface area contributed by atoms with E-state index in [4.69, 9.17) is 34.8 Å². The highest BCUT2D eigenvalue weighted by Gasteiger charge is 2.30. The fourth-order valence-corrected chi connectivity index (χ4v) is 3.24. The molecule has 9 heteroatoms. The van der Waals surface area contributed by atoms with E-state index in [1.54, 1.807) is 24.3 Å². The fraction of sp³-hybridized carbons (Fsp3) is 0.125. The van der Waals surface area contributed by atoms with Crippen molar-refractivity contribution in [1.82, 2.24) is 9.97 Å².